The molecule has 0 aromatic heterocycles. The van der Waals surface area contributed by atoms with E-state index in [0.29, 0.717) is 11.8 Å². The number of imide groups is 1. The molecule has 2 amide bonds. The van der Waals surface area contributed by atoms with Gasteiger partial charge in [-0.3, -0.25) is 9.59 Å². The van der Waals surface area contributed by atoms with Gasteiger partial charge < -0.3 is 0 Å². The summed E-state index contributed by atoms with van der Waals surface area (Å²) in [6.45, 7) is 0. The second-order valence-electron chi connectivity index (χ2n) is 6.62. The van der Waals surface area contributed by atoms with Gasteiger partial charge in [-0.2, -0.15) is 0 Å². The van der Waals surface area contributed by atoms with Crippen LogP contribution in [0, 0.1) is 41.3 Å². The molecule has 0 spiro atoms. The van der Waals surface area contributed by atoms with Crippen LogP contribution in [-0.4, -0.2) is 11.8 Å². The van der Waals surface area contributed by atoms with E-state index in [1.165, 1.54) is 12.1 Å². The Kier molecular flexibility index (Phi) is 2.01. The zero-order valence-electron chi connectivity index (χ0n) is 11.3. The van der Waals surface area contributed by atoms with Crippen molar-refractivity contribution in [3.05, 3.63) is 42.2 Å². The van der Waals surface area contributed by atoms with E-state index in [9.17, 15) is 14.0 Å². The van der Waals surface area contributed by atoms with Crippen molar-refractivity contribution < 1.29 is 14.0 Å². The largest absolute Gasteiger partial charge is 0.274 e. The molecule has 2 saturated carbocycles. The molecule has 1 aromatic carbocycles. The van der Waals surface area contributed by atoms with E-state index in [0.717, 1.165) is 11.3 Å². The third-order valence-corrected chi connectivity index (χ3v) is 5.76. The molecular formula is C17H14FNO2. The number of para-hydroxylation sites is 1. The van der Waals surface area contributed by atoms with Crippen LogP contribution in [0.15, 0.2) is 36.4 Å². The molecule has 5 aliphatic rings. The van der Waals surface area contributed by atoms with Gasteiger partial charge in [0.2, 0.25) is 11.8 Å². The van der Waals surface area contributed by atoms with Crippen LogP contribution in [0.5, 0.6) is 0 Å². The topological polar surface area (TPSA) is 37.4 Å². The highest BCUT2D eigenvalue weighted by atomic mass is 19.1. The number of rotatable bonds is 1. The van der Waals surface area contributed by atoms with Gasteiger partial charge in [0.25, 0.3) is 0 Å². The van der Waals surface area contributed by atoms with Crippen LogP contribution >= 0.6 is 0 Å². The Morgan fingerprint density at radius 2 is 1.52 bits per heavy atom. The monoisotopic (exact) mass is 283 g/mol. The number of nitrogens with zero attached hydrogens (tertiary/aromatic N) is 1. The highest BCUT2D eigenvalue weighted by Crippen LogP contribution is 2.65. The van der Waals surface area contributed by atoms with E-state index in [-0.39, 0.29) is 41.2 Å². The second-order valence-corrected chi connectivity index (χ2v) is 6.62. The third kappa shape index (κ3) is 1.29. The van der Waals surface area contributed by atoms with E-state index >= 15 is 0 Å². The van der Waals surface area contributed by atoms with Gasteiger partial charge in [0.05, 0.1) is 17.5 Å². The van der Waals surface area contributed by atoms with Gasteiger partial charge in [0, 0.05) is 0 Å². The summed E-state index contributed by atoms with van der Waals surface area (Å²) in [7, 11) is 0. The van der Waals surface area contributed by atoms with E-state index in [1.807, 2.05) is 0 Å². The summed E-state index contributed by atoms with van der Waals surface area (Å²) in [6, 6.07) is 6.03. The van der Waals surface area contributed by atoms with Gasteiger partial charge in [0.15, 0.2) is 0 Å². The summed E-state index contributed by atoms with van der Waals surface area (Å²) in [5.41, 5.74) is 0.106. The predicted molar refractivity (Wildman–Crippen MR) is 73.6 cm³/mol. The number of carbonyl (C=O) groups is 2. The molecule has 0 unspecified atom stereocenters. The lowest BCUT2D eigenvalue weighted by Gasteiger charge is -2.37. The molecule has 3 fully saturated rings. The number of benzene rings is 1. The van der Waals surface area contributed by atoms with Crippen LogP contribution in [0.1, 0.15) is 6.42 Å². The van der Waals surface area contributed by atoms with Crippen molar-refractivity contribution in [2.75, 3.05) is 4.90 Å². The Hall–Kier alpha value is -1.97. The lowest BCUT2D eigenvalue weighted by atomic mass is 9.63. The van der Waals surface area contributed by atoms with E-state index < -0.39 is 5.82 Å². The summed E-state index contributed by atoms with van der Waals surface area (Å²) in [5.74, 6) is 0.0308. The first-order chi connectivity index (χ1) is 10.2. The third-order valence-electron chi connectivity index (χ3n) is 5.76. The lowest BCUT2D eigenvalue weighted by Crippen LogP contribution is -2.40. The average molecular weight is 283 g/mol. The van der Waals surface area contributed by atoms with Crippen LogP contribution in [0.25, 0.3) is 0 Å². The van der Waals surface area contributed by atoms with Gasteiger partial charge in [-0.1, -0.05) is 24.3 Å². The molecule has 3 nitrogen and oxygen atoms in total. The van der Waals surface area contributed by atoms with Gasteiger partial charge in [0.1, 0.15) is 5.82 Å². The number of carbonyl (C=O) groups excluding carboxylic acids is 2. The van der Waals surface area contributed by atoms with E-state index in [1.54, 1.807) is 12.1 Å². The molecule has 1 saturated heterocycles. The van der Waals surface area contributed by atoms with Crippen molar-refractivity contribution in [1.82, 2.24) is 0 Å². The molecule has 106 valence electrons. The first-order valence-corrected chi connectivity index (χ1v) is 7.49. The first-order valence-electron chi connectivity index (χ1n) is 7.49. The van der Waals surface area contributed by atoms with E-state index in [2.05, 4.69) is 12.2 Å². The maximum Gasteiger partial charge on any atom is 0.238 e. The van der Waals surface area contributed by atoms with Crippen LogP contribution in [0.3, 0.4) is 0 Å². The van der Waals surface area contributed by atoms with E-state index in [4.69, 9.17) is 0 Å². The Balaban J connectivity index is 1.62. The van der Waals surface area contributed by atoms with Crippen molar-refractivity contribution >= 4 is 17.5 Å². The van der Waals surface area contributed by atoms with Crippen LogP contribution in [-0.2, 0) is 9.59 Å². The number of hydrogen-bond donors (Lipinski definition) is 0. The van der Waals surface area contributed by atoms with Crippen LogP contribution < -0.4 is 4.90 Å². The molecule has 6 atom stereocenters. The molecule has 2 bridgehead atoms. The molecule has 6 rings (SSSR count). The number of amides is 2. The minimum absolute atomic E-state index is 0.106. The molecule has 4 heteroatoms. The molecule has 1 heterocycles. The van der Waals surface area contributed by atoms with Gasteiger partial charge in [-0.25, -0.2) is 9.29 Å². The Morgan fingerprint density at radius 1 is 0.952 bits per heavy atom. The van der Waals surface area contributed by atoms with Crippen molar-refractivity contribution in [1.29, 1.82) is 0 Å². The zero-order chi connectivity index (χ0) is 14.3. The molecule has 1 aliphatic heterocycles. The van der Waals surface area contributed by atoms with Crippen molar-refractivity contribution in [2.24, 2.45) is 35.5 Å². The fourth-order valence-corrected chi connectivity index (χ4v) is 4.83. The standard InChI is InChI=1S/C17H14FNO2/c18-12-3-1-2-4-13(12)19-16(20)14-8-5-6-9(11-7-10(8)11)15(14)17(19)21/h1-6,8-11,14-15H,7H2/t8-,9+,10-,11-,14+,15-/m0/s1. The summed E-state index contributed by atoms with van der Waals surface area (Å²) in [5, 5.41) is 0. The van der Waals surface area contributed by atoms with Crippen molar-refractivity contribution in [2.45, 2.75) is 6.42 Å². The van der Waals surface area contributed by atoms with Crippen molar-refractivity contribution in [3.8, 4) is 0 Å². The fourth-order valence-electron chi connectivity index (χ4n) is 4.83. The normalized spacial score (nSPS) is 42.2. The predicted octanol–water partition coefficient (Wildman–Crippen LogP) is 2.38. The first kappa shape index (κ1) is 11.7. The number of halogens is 1. The smallest absolute Gasteiger partial charge is 0.238 e. The molecular weight excluding hydrogens is 269 g/mol. The minimum atomic E-state index is -0.511. The maximum absolute atomic E-state index is 14.0. The molecule has 21 heavy (non-hydrogen) atoms. The molecule has 0 N–H and O–H groups in total. The lowest BCUT2D eigenvalue weighted by molar-refractivity contribution is -0.124. The average Bonchev–Trinajstić information content (AvgIpc) is 3.26. The maximum atomic E-state index is 14.0. The second kappa shape index (κ2) is 3.62. The summed E-state index contributed by atoms with van der Waals surface area (Å²) >= 11 is 0. The molecule has 0 radical (unpaired) electrons. The Morgan fingerprint density at radius 3 is 2.10 bits per heavy atom. The number of hydrogen-bond acceptors (Lipinski definition) is 2. The zero-order valence-corrected chi connectivity index (χ0v) is 11.3. The SMILES string of the molecule is O=C1[C@@H]2[C@H]3C=C[C@H]([C@@H]4C[C@@H]34)[C@@H]2C(=O)N1c1ccccc1F. The number of allylic oxidation sites excluding steroid dienone is 2. The number of anilines is 1. The summed E-state index contributed by atoms with van der Waals surface area (Å²) in [6.07, 6.45) is 5.38. The molecule has 4 aliphatic carbocycles. The highest BCUT2D eigenvalue weighted by Gasteiger charge is 2.67. The van der Waals surface area contributed by atoms with Gasteiger partial charge >= 0.3 is 0 Å². The van der Waals surface area contributed by atoms with Crippen LogP contribution in [0.2, 0.25) is 0 Å². The van der Waals surface area contributed by atoms with Gasteiger partial charge in [-0.05, 0) is 42.2 Å². The fraction of sp³-hybridized carbons (Fsp3) is 0.412. The van der Waals surface area contributed by atoms with Gasteiger partial charge in [-0.15, -0.1) is 0 Å². The molecule has 1 aromatic rings. The Labute approximate surface area is 121 Å². The minimum Gasteiger partial charge on any atom is -0.274 e. The van der Waals surface area contributed by atoms with Crippen molar-refractivity contribution in [3.63, 3.8) is 0 Å². The van der Waals surface area contributed by atoms with Crippen LogP contribution in [0.4, 0.5) is 10.1 Å². The summed E-state index contributed by atoms with van der Waals surface area (Å²) < 4.78 is 14.0. The summed E-state index contributed by atoms with van der Waals surface area (Å²) in [4.78, 5) is 26.6. The quantitative estimate of drug-likeness (QED) is 0.586. The Bertz CT molecular complexity index is 676. The highest BCUT2D eigenvalue weighted by molar-refractivity contribution is 6.22.